The average molecular weight is 284 g/mol. The molecule has 0 aliphatic carbocycles. The van der Waals surface area contributed by atoms with Crippen molar-refractivity contribution in [2.24, 2.45) is 0 Å². The first-order valence-corrected chi connectivity index (χ1v) is 7.48. The number of hydrogen-bond acceptors (Lipinski definition) is 7. The normalized spacial score (nSPS) is 16.1. The Morgan fingerprint density at radius 1 is 1.21 bits per heavy atom. The molecule has 6 nitrogen and oxygen atoms in total. The Kier molecular flexibility index (Phi) is 5.53. The SMILES string of the molecule is COc1cc(OC)nc(NCCN2CCSCC2)n1. The van der Waals surface area contributed by atoms with Crippen molar-refractivity contribution >= 4 is 17.7 Å². The zero-order valence-electron chi connectivity index (χ0n) is 11.4. The summed E-state index contributed by atoms with van der Waals surface area (Å²) in [5.74, 6) is 4.00. The van der Waals surface area contributed by atoms with Gasteiger partial charge in [0.1, 0.15) is 0 Å². The van der Waals surface area contributed by atoms with Gasteiger partial charge >= 0.3 is 0 Å². The topological polar surface area (TPSA) is 59.5 Å². The molecule has 0 aromatic carbocycles. The largest absolute Gasteiger partial charge is 0.481 e. The van der Waals surface area contributed by atoms with Gasteiger partial charge in [-0.2, -0.15) is 21.7 Å². The van der Waals surface area contributed by atoms with Crippen LogP contribution < -0.4 is 14.8 Å². The van der Waals surface area contributed by atoms with Gasteiger partial charge in [-0.3, -0.25) is 4.90 Å². The van der Waals surface area contributed by atoms with E-state index in [0.29, 0.717) is 17.7 Å². The van der Waals surface area contributed by atoms with Crippen molar-refractivity contribution in [3.8, 4) is 11.8 Å². The molecule has 1 aliphatic heterocycles. The van der Waals surface area contributed by atoms with Gasteiger partial charge in [0.15, 0.2) is 0 Å². The van der Waals surface area contributed by atoms with Crippen LogP contribution in [0.1, 0.15) is 0 Å². The Hall–Kier alpha value is -1.21. The maximum Gasteiger partial charge on any atom is 0.229 e. The maximum atomic E-state index is 5.11. The van der Waals surface area contributed by atoms with E-state index in [1.807, 2.05) is 11.8 Å². The molecular formula is C12H20N4O2S. The molecule has 1 aromatic rings. The third kappa shape index (κ3) is 4.43. The minimum absolute atomic E-state index is 0.503. The van der Waals surface area contributed by atoms with Crippen molar-refractivity contribution in [2.75, 3.05) is 57.2 Å². The molecular weight excluding hydrogens is 264 g/mol. The fraction of sp³-hybridized carbons (Fsp3) is 0.667. The van der Waals surface area contributed by atoms with Crippen LogP contribution in [0.15, 0.2) is 6.07 Å². The molecule has 0 radical (unpaired) electrons. The Balaban J connectivity index is 1.84. The van der Waals surface area contributed by atoms with Crippen LogP contribution in [0.25, 0.3) is 0 Å². The lowest BCUT2D eigenvalue weighted by Crippen LogP contribution is -2.36. The zero-order chi connectivity index (χ0) is 13.5. The molecule has 1 aromatic heterocycles. The van der Waals surface area contributed by atoms with E-state index in [1.54, 1.807) is 20.3 Å². The van der Waals surface area contributed by atoms with Gasteiger partial charge in [-0.05, 0) is 0 Å². The van der Waals surface area contributed by atoms with Crippen LogP contribution in [0.2, 0.25) is 0 Å². The number of anilines is 1. The molecule has 1 saturated heterocycles. The van der Waals surface area contributed by atoms with Crippen molar-refractivity contribution in [2.45, 2.75) is 0 Å². The van der Waals surface area contributed by atoms with E-state index in [9.17, 15) is 0 Å². The summed E-state index contributed by atoms with van der Waals surface area (Å²) in [7, 11) is 3.16. The standard InChI is InChI=1S/C12H20N4O2S/c1-17-10-9-11(18-2)15-12(14-10)13-3-4-16-5-7-19-8-6-16/h9H,3-8H2,1-2H3,(H,13,14,15). The lowest BCUT2D eigenvalue weighted by Gasteiger charge is -2.25. The molecule has 0 spiro atoms. The van der Waals surface area contributed by atoms with Crippen molar-refractivity contribution in [1.82, 2.24) is 14.9 Å². The molecule has 1 aliphatic rings. The predicted molar refractivity (Wildman–Crippen MR) is 77.4 cm³/mol. The van der Waals surface area contributed by atoms with Crippen molar-refractivity contribution in [3.63, 3.8) is 0 Å². The molecule has 2 heterocycles. The summed E-state index contributed by atoms with van der Waals surface area (Å²) >= 11 is 2.02. The Morgan fingerprint density at radius 3 is 2.42 bits per heavy atom. The molecule has 19 heavy (non-hydrogen) atoms. The molecule has 7 heteroatoms. The van der Waals surface area contributed by atoms with E-state index < -0.39 is 0 Å². The lowest BCUT2D eigenvalue weighted by atomic mass is 10.4. The number of methoxy groups -OCH3 is 2. The number of nitrogens with one attached hydrogen (secondary N) is 1. The summed E-state index contributed by atoms with van der Waals surface area (Å²) in [6.07, 6.45) is 0. The highest BCUT2D eigenvalue weighted by molar-refractivity contribution is 7.99. The van der Waals surface area contributed by atoms with E-state index in [0.717, 1.165) is 26.2 Å². The van der Waals surface area contributed by atoms with Gasteiger partial charge < -0.3 is 14.8 Å². The summed E-state index contributed by atoms with van der Waals surface area (Å²) < 4.78 is 10.2. The lowest BCUT2D eigenvalue weighted by molar-refractivity contribution is 0.314. The fourth-order valence-electron chi connectivity index (χ4n) is 1.84. The minimum Gasteiger partial charge on any atom is -0.481 e. The Bertz CT molecular complexity index is 377. The van der Waals surface area contributed by atoms with Gasteiger partial charge in [0.05, 0.1) is 20.3 Å². The van der Waals surface area contributed by atoms with Gasteiger partial charge in [-0.15, -0.1) is 0 Å². The van der Waals surface area contributed by atoms with Gasteiger partial charge in [-0.1, -0.05) is 0 Å². The summed E-state index contributed by atoms with van der Waals surface area (Å²) in [4.78, 5) is 10.9. The van der Waals surface area contributed by atoms with Crippen molar-refractivity contribution in [3.05, 3.63) is 6.07 Å². The fourth-order valence-corrected chi connectivity index (χ4v) is 2.82. The summed E-state index contributed by atoms with van der Waals surface area (Å²) in [5, 5.41) is 3.21. The van der Waals surface area contributed by atoms with Crippen molar-refractivity contribution < 1.29 is 9.47 Å². The second-order valence-electron chi connectivity index (χ2n) is 4.16. The van der Waals surface area contributed by atoms with Crippen LogP contribution in [0.3, 0.4) is 0 Å². The predicted octanol–water partition coefficient (Wildman–Crippen LogP) is 0.954. The highest BCUT2D eigenvalue weighted by Crippen LogP contribution is 2.17. The first-order chi connectivity index (χ1) is 9.31. The molecule has 106 valence electrons. The van der Waals surface area contributed by atoms with Crippen LogP contribution in [0, 0.1) is 0 Å². The smallest absolute Gasteiger partial charge is 0.229 e. The average Bonchev–Trinajstić information content (AvgIpc) is 2.48. The van der Waals surface area contributed by atoms with E-state index in [4.69, 9.17) is 9.47 Å². The van der Waals surface area contributed by atoms with Gasteiger partial charge in [0.25, 0.3) is 0 Å². The molecule has 0 amide bonds. The molecule has 1 N–H and O–H groups in total. The highest BCUT2D eigenvalue weighted by Gasteiger charge is 2.10. The van der Waals surface area contributed by atoms with E-state index >= 15 is 0 Å². The summed E-state index contributed by atoms with van der Waals surface area (Å²) in [6, 6.07) is 1.66. The molecule has 0 unspecified atom stereocenters. The van der Waals surface area contributed by atoms with Crippen LogP contribution in [-0.4, -0.2) is 66.8 Å². The number of ether oxygens (including phenoxy) is 2. The van der Waals surface area contributed by atoms with E-state index in [-0.39, 0.29) is 0 Å². The number of rotatable bonds is 6. The zero-order valence-corrected chi connectivity index (χ0v) is 12.2. The number of thioether (sulfide) groups is 1. The van der Waals surface area contributed by atoms with Crippen LogP contribution in [0.4, 0.5) is 5.95 Å². The molecule has 0 saturated carbocycles. The minimum atomic E-state index is 0.503. The summed E-state index contributed by atoms with van der Waals surface area (Å²) in [6.45, 7) is 4.15. The first-order valence-electron chi connectivity index (χ1n) is 6.33. The van der Waals surface area contributed by atoms with Crippen LogP contribution in [0.5, 0.6) is 11.8 Å². The van der Waals surface area contributed by atoms with Gasteiger partial charge in [0, 0.05) is 37.7 Å². The Labute approximate surface area is 117 Å². The number of hydrogen-bond donors (Lipinski definition) is 1. The second-order valence-corrected chi connectivity index (χ2v) is 5.38. The second kappa shape index (κ2) is 7.40. The van der Waals surface area contributed by atoms with Crippen LogP contribution in [-0.2, 0) is 0 Å². The monoisotopic (exact) mass is 284 g/mol. The third-order valence-corrected chi connectivity index (χ3v) is 3.85. The Morgan fingerprint density at radius 2 is 1.84 bits per heavy atom. The van der Waals surface area contributed by atoms with Crippen LogP contribution >= 0.6 is 11.8 Å². The van der Waals surface area contributed by atoms with Gasteiger partial charge in [0.2, 0.25) is 17.7 Å². The number of nitrogens with zero attached hydrogens (tertiary/aromatic N) is 3. The quantitative estimate of drug-likeness (QED) is 0.834. The van der Waals surface area contributed by atoms with Gasteiger partial charge in [-0.25, -0.2) is 0 Å². The maximum absolute atomic E-state index is 5.11. The highest BCUT2D eigenvalue weighted by atomic mass is 32.2. The summed E-state index contributed by atoms with van der Waals surface area (Å²) in [5.41, 5.74) is 0. The van der Waals surface area contributed by atoms with Crippen molar-refractivity contribution in [1.29, 1.82) is 0 Å². The molecule has 0 bridgehead atoms. The molecule has 1 fully saturated rings. The third-order valence-electron chi connectivity index (χ3n) is 2.91. The van der Waals surface area contributed by atoms with E-state index in [1.165, 1.54) is 11.5 Å². The molecule has 2 rings (SSSR count). The van der Waals surface area contributed by atoms with E-state index in [2.05, 4.69) is 20.2 Å². The molecule has 0 atom stereocenters. The number of aromatic nitrogens is 2. The first kappa shape index (κ1) is 14.2.